The maximum atomic E-state index is 13.1. The molecule has 1 aliphatic heterocycles. The number of carbonyl (C=O) groups excluding carboxylic acids is 2. The van der Waals surface area contributed by atoms with Gasteiger partial charge >= 0.3 is 0 Å². The van der Waals surface area contributed by atoms with Crippen molar-refractivity contribution in [1.82, 2.24) is 10.2 Å². The molecule has 1 aliphatic rings. The van der Waals surface area contributed by atoms with Crippen LogP contribution in [-0.4, -0.2) is 29.8 Å². The van der Waals surface area contributed by atoms with Crippen molar-refractivity contribution >= 4 is 17.9 Å². The van der Waals surface area contributed by atoms with Crippen LogP contribution in [-0.2, 0) is 4.79 Å². The minimum absolute atomic E-state index is 0.177. The Hall–Kier alpha value is -2.82. The highest BCUT2D eigenvalue weighted by Crippen LogP contribution is 2.22. The lowest BCUT2D eigenvalue weighted by Crippen LogP contribution is -2.45. The molecule has 0 saturated carbocycles. The van der Waals surface area contributed by atoms with Gasteiger partial charge in [-0.15, -0.1) is 0 Å². The van der Waals surface area contributed by atoms with Gasteiger partial charge in [0.2, 0.25) is 0 Å². The van der Waals surface area contributed by atoms with E-state index in [1.165, 1.54) is 6.26 Å². The zero-order valence-electron chi connectivity index (χ0n) is 15.1. The van der Waals surface area contributed by atoms with Gasteiger partial charge in [-0.05, 0) is 42.5 Å². The van der Waals surface area contributed by atoms with Crippen LogP contribution >= 0.6 is 0 Å². The molecule has 2 heterocycles. The van der Waals surface area contributed by atoms with Gasteiger partial charge in [0.15, 0.2) is 0 Å². The van der Waals surface area contributed by atoms with Crippen LogP contribution in [0.3, 0.4) is 0 Å². The Morgan fingerprint density at radius 2 is 1.77 bits per heavy atom. The zero-order valence-corrected chi connectivity index (χ0v) is 15.1. The van der Waals surface area contributed by atoms with Crippen molar-refractivity contribution in [3.8, 4) is 0 Å². The predicted octanol–water partition coefficient (Wildman–Crippen LogP) is 3.56. The Labute approximate surface area is 153 Å². The summed E-state index contributed by atoms with van der Waals surface area (Å²) in [5, 5.41) is 2.77. The Balaban J connectivity index is 1.84. The van der Waals surface area contributed by atoms with E-state index in [1.807, 2.05) is 11.0 Å². The van der Waals surface area contributed by atoms with E-state index >= 15 is 0 Å². The molecule has 1 N–H and O–H groups in total. The van der Waals surface area contributed by atoms with Crippen LogP contribution in [0.2, 0.25) is 0 Å². The van der Waals surface area contributed by atoms with Gasteiger partial charge in [-0.25, -0.2) is 0 Å². The number of nitrogens with zero attached hydrogens (tertiary/aromatic N) is 1. The second-order valence-electron chi connectivity index (χ2n) is 7.05. The van der Waals surface area contributed by atoms with E-state index in [0.29, 0.717) is 36.2 Å². The molecule has 0 radical (unpaired) electrons. The van der Waals surface area contributed by atoms with E-state index < -0.39 is 0 Å². The van der Waals surface area contributed by atoms with Crippen molar-refractivity contribution in [1.29, 1.82) is 0 Å². The minimum atomic E-state index is -0.310. The van der Waals surface area contributed by atoms with Crippen LogP contribution in [0.1, 0.15) is 36.4 Å². The van der Waals surface area contributed by atoms with Gasteiger partial charge < -0.3 is 14.6 Å². The van der Waals surface area contributed by atoms with Crippen LogP contribution in [0.15, 0.2) is 58.8 Å². The van der Waals surface area contributed by atoms with Crippen molar-refractivity contribution in [2.75, 3.05) is 13.1 Å². The van der Waals surface area contributed by atoms with E-state index in [0.717, 1.165) is 6.42 Å². The molecular weight excluding hydrogens is 328 g/mol. The van der Waals surface area contributed by atoms with Gasteiger partial charge in [-0.3, -0.25) is 9.59 Å². The summed E-state index contributed by atoms with van der Waals surface area (Å²) in [5.41, 5.74) is 0.737. The first-order chi connectivity index (χ1) is 12.5. The van der Waals surface area contributed by atoms with Gasteiger partial charge in [0.25, 0.3) is 11.8 Å². The lowest BCUT2D eigenvalue weighted by atomic mass is 9.91. The number of hydrogen-bond donors (Lipinski definition) is 1. The van der Waals surface area contributed by atoms with Gasteiger partial charge in [0.05, 0.1) is 6.26 Å². The summed E-state index contributed by atoms with van der Waals surface area (Å²) in [7, 11) is 0. The second kappa shape index (κ2) is 8.04. The number of furan rings is 1. The first-order valence-electron chi connectivity index (χ1n) is 8.94. The molecule has 1 fully saturated rings. The summed E-state index contributed by atoms with van der Waals surface area (Å²) < 4.78 is 5.33. The molecule has 1 aromatic carbocycles. The monoisotopic (exact) mass is 352 g/mol. The van der Waals surface area contributed by atoms with Gasteiger partial charge in [0.1, 0.15) is 11.5 Å². The maximum Gasteiger partial charge on any atom is 0.270 e. The highest BCUT2D eigenvalue weighted by Gasteiger charge is 2.28. The number of carbonyl (C=O) groups is 2. The molecule has 5 heteroatoms. The lowest BCUT2D eigenvalue weighted by molar-refractivity contribution is -0.130. The highest BCUT2D eigenvalue weighted by atomic mass is 16.3. The molecule has 26 heavy (non-hydrogen) atoms. The molecule has 0 spiro atoms. The van der Waals surface area contributed by atoms with Crippen molar-refractivity contribution in [2.24, 2.45) is 11.8 Å². The Bertz CT molecular complexity index is 771. The average Bonchev–Trinajstić information content (AvgIpc) is 3.13. The van der Waals surface area contributed by atoms with E-state index in [-0.39, 0.29) is 17.5 Å². The number of nitrogens with one attached hydrogen (secondary N) is 1. The Morgan fingerprint density at radius 1 is 1.08 bits per heavy atom. The molecule has 5 nitrogen and oxygen atoms in total. The van der Waals surface area contributed by atoms with Crippen LogP contribution in [0.25, 0.3) is 6.08 Å². The van der Waals surface area contributed by atoms with Gasteiger partial charge in [-0.1, -0.05) is 32.0 Å². The first-order valence-corrected chi connectivity index (χ1v) is 8.94. The summed E-state index contributed by atoms with van der Waals surface area (Å²) in [6.07, 6.45) is 4.24. The molecular formula is C21H24N2O3. The maximum absolute atomic E-state index is 13.1. The molecule has 1 aromatic heterocycles. The zero-order chi connectivity index (χ0) is 18.5. The Kier molecular flexibility index (Phi) is 5.56. The number of benzene rings is 1. The van der Waals surface area contributed by atoms with Crippen LogP contribution in [0.5, 0.6) is 0 Å². The third-order valence-corrected chi connectivity index (χ3v) is 4.50. The van der Waals surface area contributed by atoms with Crippen LogP contribution in [0.4, 0.5) is 0 Å². The topological polar surface area (TPSA) is 62.6 Å². The number of likely N-dealkylation sites (tertiary alicyclic amines) is 1. The normalized spacial score (nSPS) is 20.7. The largest absolute Gasteiger partial charge is 0.465 e. The summed E-state index contributed by atoms with van der Waals surface area (Å²) in [4.78, 5) is 27.4. The van der Waals surface area contributed by atoms with Crippen LogP contribution in [0, 0.1) is 11.8 Å². The summed E-state index contributed by atoms with van der Waals surface area (Å²) in [5.74, 6) is 0.925. The fourth-order valence-corrected chi connectivity index (χ4v) is 3.45. The molecule has 1 saturated heterocycles. The van der Waals surface area contributed by atoms with Crippen molar-refractivity contribution in [3.05, 3.63) is 65.7 Å². The number of piperidine rings is 1. The number of rotatable bonds is 4. The third-order valence-electron chi connectivity index (χ3n) is 4.50. The minimum Gasteiger partial charge on any atom is -0.465 e. The fourth-order valence-electron chi connectivity index (χ4n) is 3.45. The Morgan fingerprint density at radius 3 is 2.38 bits per heavy atom. The summed E-state index contributed by atoms with van der Waals surface area (Å²) >= 11 is 0. The molecule has 2 aromatic rings. The molecule has 2 atom stereocenters. The fraction of sp³-hybridized carbons (Fsp3) is 0.333. The standard InChI is InChI=1S/C21H24N2O3/c1-15-11-16(2)14-23(13-15)21(25)19(12-18-9-6-10-26-18)22-20(24)17-7-4-3-5-8-17/h3-10,12,15-16H,11,13-14H2,1-2H3,(H,22,24)/b19-12-/t15-,16-/m1/s1. The smallest absolute Gasteiger partial charge is 0.270 e. The van der Waals surface area contributed by atoms with Gasteiger partial charge in [-0.2, -0.15) is 0 Å². The summed E-state index contributed by atoms with van der Waals surface area (Å²) in [6, 6.07) is 12.4. The number of hydrogen-bond acceptors (Lipinski definition) is 3. The van der Waals surface area contributed by atoms with Crippen LogP contribution < -0.4 is 5.32 Å². The first kappa shape index (κ1) is 18.0. The summed E-state index contributed by atoms with van der Waals surface area (Å²) in [6.45, 7) is 5.68. The molecule has 136 valence electrons. The highest BCUT2D eigenvalue weighted by molar-refractivity contribution is 6.05. The van der Waals surface area contributed by atoms with Crippen molar-refractivity contribution in [2.45, 2.75) is 20.3 Å². The van der Waals surface area contributed by atoms with E-state index in [2.05, 4.69) is 19.2 Å². The van der Waals surface area contributed by atoms with E-state index in [9.17, 15) is 9.59 Å². The van der Waals surface area contributed by atoms with E-state index in [1.54, 1.807) is 42.5 Å². The SMILES string of the molecule is C[C@@H]1C[C@@H](C)CN(C(=O)/C(=C/c2ccco2)NC(=O)c2ccccc2)C1. The van der Waals surface area contributed by atoms with Crippen molar-refractivity contribution in [3.63, 3.8) is 0 Å². The quantitative estimate of drug-likeness (QED) is 0.856. The molecule has 0 aliphatic carbocycles. The predicted molar refractivity (Wildman–Crippen MR) is 100 cm³/mol. The van der Waals surface area contributed by atoms with Gasteiger partial charge in [0, 0.05) is 24.7 Å². The second-order valence-corrected chi connectivity index (χ2v) is 7.05. The number of amides is 2. The van der Waals surface area contributed by atoms with E-state index in [4.69, 9.17) is 4.42 Å². The lowest BCUT2D eigenvalue weighted by Gasteiger charge is -2.35. The average molecular weight is 352 g/mol. The molecule has 0 bridgehead atoms. The molecule has 0 unspecified atom stereocenters. The third kappa shape index (κ3) is 4.42. The van der Waals surface area contributed by atoms with Crippen molar-refractivity contribution < 1.29 is 14.0 Å². The molecule has 3 rings (SSSR count). The molecule has 2 amide bonds.